The summed E-state index contributed by atoms with van der Waals surface area (Å²) < 4.78 is 0. The van der Waals surface area contributed by atoms with Crippen molar-refractivity contribution in [3.05, 3.63) is 72.6 Å². The number of nitrogens with one attached hydrogen (secondary N) is 2. The fourth-order valence-corrected chi connectivity index (χ4v) is 4.71. The standard InChI is InChI=1S/C24H17N7S/c1-13(2)19-5-6-20(32-19)15-7-8-27-23-21(15)28-24(29-23)22-16-11-14(3-4-17(16)30-31-22)18-12-25-9-10-26-18/h3-12H,1H2,2H3,(H,30,31)(H,27,28,29). The Labute approximate surface area is 186 Å². The predicted molar refractivity (Wildman–Crippen MR) is 128 cm³/mol. The molecule has 5 heterocycles. The Morgan fingerprint density at radius 3 is 2.78 bits per heavy atom. The van der Waals surface area contributed by atoms with E-state index in [0.29, 0.717) is 11.5 Å². The summed E-state index contributed by atoms with van der Waals surface area (Å²) in [6.07, 6.45) is 6.89. The Bertz CT molecular complexity index is 1610. The molecule has 0 saturated carbocycles. The molecule has 0 fully saturated rings. The molecular weight excluding hydrogens is 418 g/mol. The monoisotopic (exact) mass is 435 g/mol. The van der Waals surface area contributed by atoms with E-state index in [9.17, 15) is 0 Å². The van der Waals surface area contributed by atoms with Crippen molar-refractivity contribution in [3.63, 3.8) is 0 Å². The first kappa shape index (κ1) is 18.6. The van der Waals surface area contributed by atoms with Crippen LogP contribution in [0.4, 0.5) is 0 Å². The van der Waals surface area contributed by atoms with E-state index < -0.39 is 0 Å². The highest BCUT2D eigenvalue weighted by atomic mass is 32.1. The van der Waals surface area contributed by atoms with Crippen LogP contribution in [-0.2, 0) is 0 Å². The summed E-state index contributed by atoms with van der Waals surface area (Å²) in [5.41, 5.74) is 7.09. The Balaban J connectivity index is 1.49. The number of thiophene rings is 1. The summed E-state index contributed by atoms with van der Waals surface area (Å²) in [5, 5.41) is 8.58. The summed E-state index contributed by atoms with van der Waals surface area (Å²) in [6.45, 7) is 6.07. The number of rotatable bonds is 4. The van der Waals surface area contributed by atoms with Gasteiger partial charge in [0.1, 0.15) is 5.69 Å². The van der Waals surface area contributed by atoms with Crippen LogP contribution in [0.25, 0.3) is 60.9 Å². The smallest absolute Gasteiger partial charge is 0.178 e. The molecule has 0 spiro atoms. The van der Waals surface area contributed by atoms with Crippen LogP contribution >= 0.6 is 11.3 Å². The molecule has 8 heteroatoms. The zero-order valence-electron chi connectivity index (χ0n) is 17.1. The minimum absolute atomic E-state index is 0.656. The minimum Gasteiger partial charge on any atom is -0.335 e. The highest BCUT2D eigenvalue weighted by Crippen LogP contribution is 2.36. The molecule has 0 aliphatic carbocycles. The van der Waals surface area contributed by atoms with Crippen molar-refractivity contribution >= 4 is 39.0 Å². The van der Waals surface area contributed by atoms with Crippen LogP contribution < -0.4 is 0 Å². The lowest BCUT2D eigenvalue weighted by Gasteiger charge is -2.00. The number of imidazole rings is 1. The lowest BCUT2D eigenvalue weighted by Crippen LogP contribution is -1.85. The van der Waals surface area contributed by atoms with Crippen LogP contribution in [0, 0.1) is 0 Å². The third-order valence-electron chi connectivity index (χ3n) is 5.33. The van der Waals surface area contributed by atoms with Crippen LogP contribution in [-0.4, -0.2) is 35.1 Å². The van der Waals surface area contributed by atoms with Crippen LogP contribution in [0.3, 0.4) is 0 Å². The number of aromatic amines is 2. The molecule has 0 aliphatic heterocycles. The Morgan fingerprint density at radius 2 is 1.97 bits per heavy atom. The van der Waals surface area contributed by atoms with Gasteiger partial charge in [-0.05, 0) is 42.8 Å². The Kier molecular flexibility index (Phi) is 4.19. The highest BCUT2D eigenvalue weighted by Gasteiger charge is 2.17. The van der Waals surface area contributed by atoms with Gasteiger partial charge in [-0.2, -0.15) is 5.10 Å². The summed E-state index contributed by atoms with van der Waals surface area (Å²) in [5.74, 6) is 0.666. The van der Waals surface area contributed by atoms with Gasteiger partial charge in [0, 0.05) is 44.9 Å². The molecule has 32 heavy (non-hydrogen) atoms. The molecule has 0 atom stereocenters. The van der Waals surface area contributed by atoms with Crippen molar-refractivity contribution < 1.29 is 0 Å². The van der Waals surface area contributed by atoms with Crippen LogP contribution in [0.2, 0.25) is 0 Å². The Hall–Kier alpha value is -4.17. The van der Waals surface area contributed by atoms with Gasteiger partial charge < -0.3 is 4.98 Å². The molecule has 0 unspecified atom stereocenters. The number of fused-ring (bicyclic) bond motifs is 2. The molecule has 1 aromatic carbocycles. The molecule has 0 aliphatic rings. The minimum atomic E-state index is 0.656. The maximum Gasteiger partial charge on any atom is 0.178 e. The van der Waals surface area contributed by atoms with E-state index in [1.165, 1.54) is 4.88 Å². The number of H-pyrrole nitrogens is 2. The van der Waals surface area contributed by atoms with Gasteiger partial charge in [0.2, 0.25) is 0 Å². The van der Waals surface area contributed by atoms with Crippen molar-refractivity contribution in [3.8, 4) is 33.2 Å². The first-order chi connectivity index (χ1) is 15.7. The summed E-state index contributed by atoms with van der Waals surface area (Å²) in [7, 11) is 0. The fraction of sp³-hybridized carbons (Fsp3) is 0.0417. The van der Waals surface area contributed by atoms with Gasteiger partial charge in [0.15, 0.2) is 11.5 Å². The van der Waals surface area contributed by atoms with E-state index in [0.717, 1.165) is 49.4 Å². The van der Waals surface area contributed by atoms with Crippen LogP contribution in [0.15, 0.2) is 67.8 Å². The largest absolute Gasteiger partial charge is 0.335 e. The third kappa shape index (κ3) is 3.00. The summed E-state index contributed by atoms with van der Waals surface area (Å²) in [4.78, 5) is 23.6. The van der Waals surface area contributed by atoms with Crippen molar-refractivity contribution in [2.75, 3.05) is 0 Å². The zero-order valence-corrected chi connectivity index (χ0v) is 17.9. The third-order valence-corrected chi connectivity index (χ3v) is 6.61. The number of allylic oxidation sites excluding steroid dienone is 1. The molecule has 6 rings (SSSR count). The molecule has 2 N–H and O–H groups in total. The van der Waals surface area contributed by atoms with Crippen molar-refractivity contribution in [1.29, 1.82) is 0 Å². The van der Waals surface area contributed by atoms with Gasteiger partial charge in [-0.3, -0.25) is 15.1 Å². The summed E-state index contributed by atoms with van der Waals surface area (Å²) >= 11 is 1.71. The number of aromatic nitrogens is 7. The van der Waals surface area contributed by atoms with Gasteiger partial charge >= 0.3 is 0 Å². The Morgan fingerprint density at radius 1 is 1.03 bits per heavy atom. The number of hydrogen-bond acceptors (Lipinski definition) is 6. The number of nitrogens with zero attached hydrogens (tertiary/aromatic N) is 5. The SMILES string of the molecule is C=C(C)c1ccc(-c2ccnc3nc(-c4n[nH]c5ccc(-c6cnccn6)cc45)[nH]c23)s1. The van der Waals surface area contributed by atoms with Crippen molar-refractivity contribution in [2.45, 2.75) is 6.92 Å². The predicted octanol–water partition coefficient (Wildman–Crippen LogP) is 5.72. The number of benzene rings is 1. The van der Waals surface area contributed by atoms with Gasteiger partial charge in [0.25, 0.3) is 0 Å². The van der Waals surface area contributed by atoms with Crippen molar-refractivity contribution in [2.24, 2.45) is 0 Å². The maximum absolute atomic E-state index is 4.75. The van der Waals surface area contributed by atoms with Crippen LogP contribution in [0.5, 0.6) is 0 Å². The number of pyridine rings is 1. The molecular formula is C24H17N7S. The summed E-state index contributed by atoms with van der Waals surface area (Å²) in [6, 6.07) is 12.3. The topological polar surface area (TPSA) is 96.0 Å². The maximum atomic E-state index is 4.75. The van der Waals surface area contributed by atoms with E-state index in [4.69, 9.17) is 4.98 Å². The van der Waals surface area contributed by atoms with E-state index in [1.807, 2.05) is 25.1 Å². The van der Waals surface area contributed by atoms with E-state index >= 15 is 0 Å². The molecule has 0 bridgehead atoms. The zero-order chi connectivity index (χ0) is 21.7. The molecule has 5 aromatic heterocycles. The van der Waals surface area contributed by atoms with E-state index in [1.54, 1.807) is 36.1 Å². The quantitative estimate of drug-likeness (QED) is 0.369. The molecule has 0 saturated heterocycles. The second-order valence-corrected chi connectivity index (χ2v) is 8.59. The first-order valence-corrected chi connectivity index (χ1v) is 10.8. The van der Waals surface area contributed by atoms with Gasteiger partial charge in [-0.25, -0.2) is 9.97 Å². The molecule has 0 radical (unpaired) electrons. The van der Waals surface area contributed by atoms with Gasteiger partial charge in [-0.15, -0.1) is 11.3 Å². The second-order valence-electron chi connectivity index (χ2n) is 7.51. The average molecular weight is 436 g/mol. The lowest BCUT2D eigenvalue weighted by atomic mass is 10.1. The molecule has 7 nitrogen and oxygen atoms in total. The van der Waals surface area contributed by atoms with Gasteiger partial charge in [0.05, 0.1) is 22.9 Å². The van der Waals surface area contributed by atoms with Crippen LogP contribution in [0.1, 0.15) is 11.8 Å². The number of hydrogen-bond donors (Lipinski definition) is 2. The van der Waals surface area contributed by atoms with E-state index in [-0.39, 0.29) is 0 Å². The lowest BCUT2D eigenvalue weighted by molar-refractivity contribution is 1.10. The fourth-order valence-electron chi connectivity index (χ4n) is 3.74. The van der Waals surface area contributed by atoms with E-state index in [2.05, 4.69) is 54.9 Å². The normalized spacial score (nSPS) is 11.4. The van der Waals surface area contributed by atoms with Crippen molar-refractivity contribution in [1.82, 2.24) is 35.1 Å². The average Bonchev–Trinajstić information content (AvgIpc) is 3.56. The molecule has 6 aromatic rings. The highest BCUT2D eigenvalue weighted by molar-refractivity contribution is 7.16. The second kappa shape index (κ2) is 7.21. The molecule has 0 amide bonds. The van der Waals surface area contributed by atoms with Gasteiger partial charge in [-0.1, -0.05) is 12.6 Å². The molecule has 154 valence electrons. The first-order valence-electron chi connectivity index (χ1n) is 10.0.